The van der Waals surface area contributed by atoms with E-state index >= 15 is 0 Å². The summed E-state index contributed by atoms with van der Waals surface area (Å²) in [7, 11) is 1.46. The lowest BCUT2D eigenvalue weighted by molar-refractivity contribution is -0.385. The molecule has 30 heavy (non-hydrogen) atoms. The van der Waals surface area contributed by atoms with Crippen LogP contribution in [0.4, 0.5) is 5.69 Å². The maximum Gasteiger partial charge on any atom is 0.282 e. The first-order chi connectivity index (χ1) is 14.3. The van der Waals surface area contributed by atoms with Crippen molar-refractivity contribution in [3.63, 3.8) is 0 Å². The van der Waals surface area contributed by atoms with Gasteiger partial charge in [-0.1, -0.05) is 12.1 Å². The Hall–Kier alpha value is -3.95. The lowest BCUT2D eigenvalue weighted by atomic mass is 10.0. The average molecular weight is 413 g/mol. The lowest BCUT2D eigenvalue weighted by Crippen LogP contribution is -2.36. The van der Waals surface area contributed by atoms with Crippen LogP contribution in [-0.4, -0.2) is 41.3 Å². The fourth-order valence-corrected chi connectivity index (χ4v) is 3.44. The number of fused-ring (bicyclic) bond motifs is 1. The molecule has 0 saturated heterocycles. The Labute approximate surface area is 171 Å². The second-order valence-electron chi connectivity index (χ2n) is 6.47. The highest BCUT2D eigenvalue weighted by atomic mass is 16.6. The fourth-order valence-electron chi connectivity index (χ4n) is 3.44. The number of hydrogen-bond acceptors (Lipinski definition) is 7. The molecule has 10 nitrogen and oxygen atoms in total. The zero-order valence-corrected chi connectivity index (χ0v) is 16.3. The van der Waals surface area contributed by atoms with Gasteiger partial charge in [0.2, 0.25) is 5.91 Å². The van der Waals surface area contributed by atoms with Crippen LogP contribution in [0.15, 0.2) is 36.4 Å². The summed E-state index contributed by atoms with van der Waals surface area (Å²) < 4.78 is 10.8. The number of carbonyl (C=O) groups is 3. The number of ether oxygens (including phenoxy) is 2. The van der Waals surface area contributed by atoms with Crippen molar-refractivity contribution >= 4 is 23.4 Å². The number of imide groups is 1. The van der Waals surface area contributed by atoms with E-state index in [2.05, 4.69) is 0 Å². The Kier molecular flexibility index (Phi) is 5.67. The number of carbonyl (C=O) groups excluding carboxylic acids is 3. The zero-order chi connectivity index (χ0) is 22.0. The van der Waals surface area contributed by atoms with Gasteiger partial charge in [-0.15, -0.1) is 0 Å². The number of hydrogen-bond donors (Lipinski definition) is 1. The molecular formula is C20H19N3O7. The van der Waals surface area contributed by atoms with Crippen molar-refractivity contribution in [2.75, 3.05) is 13.7 Å². The minimum Gasteiger partial charge on any atom is -0.493 e. The molecule has 0 fully saturated rings. The summed E-state index contributed by atoms with van der Waals surface area (Å²) in [5.74, 6) is -1.56. The fraction of sp³-hybridized carbons (Fsp3) is 0.250. The van der Waals surface area contributed by atoms with Gasteiger partial charge in [-0.2, -0.15) is 0 Å². The number of rotatable bonds is 8. The highest BCUT2D eigenvalue weighted by Crippen LogP contribution is 2.39. The first-order valence-corrected chi connectivity index (χ1v) is 9.04. The lowest BCUT2D eigenvalue weighted by Gasteiger charge is -2.26. The maximum absolute atomic E-state index is 13.1. The molecule has 3 amide bonds. The van der Waals surface area contributed by atoms with E-state index in [1.165, 1.54) is 19.2 Å². The molecule has 1 aliphatic heterocycles. The van der Waals surface area contributed by atoms with E-state index in [0.717, 1.165) is 11.0 Å². The van der Waals surface area contributed by atoms with Gasteiger partial charge in [0.15, 0.2) is 11.5 Å². The Morgan fingerprint density at radius 3 is 2.53 bits per heavy atom. The smallest absolute Gasteiger partial charge is 0.282 e. The number of nitrogens with zero attached hydrogens (tertiary/aromatic N) is 2. The second kappa shape index (κ2) is 8.19. The van der Waals surface area contributed by atoms with Crippen molar-refractivity contribution in [2.45, 2.75) is 19.4 Å². The van der Waals surface area contributed by atoms with Gasteiger partial charge in [0.25, 0.3) is 17.5 Å². The molecule has 0 bridgehead atoms. The molecular weight excluding hydrogens is 394 g/mol. The largest absolute Gasteiger partial charge is 0.493 e. The van der Waals surface area contributed by atoms with E-state index in [1.54, 1.807) is 25.1 Å². The first kappa shape index (κ1) is 20.8. The van der Waals surface area contributed by atoms with Crippen LogP contribution in [0.5, 0.6) is 11.5 Å². The van der Waals surface area contributed by atoms with Gasteiger partial charge in [-0.25, -0.2) is 0 Å². The molecule has 1 aliphatic rings. The van der Waals surface area contributed by atoms with Crippen LogP contribution in [0.25, 0.3) is 0 Å². The van der Waals surface area contributed by atoms with Crippen LogP contribution in [0.2, 0.25) is 0 Å². The van der Waals surface area contributed by atoms with Gasteiger partial charge >= 0.3 is 0 Å². The quantitative estimate of drug-likeness (QED) is 0.397. The molecule has 156 valence electrons. The maximum atomic E-state index is 13.1. The van der Waals surface area contributed by atoms with Crippen LogP contribution in [0.1, 0.15) is 45.7 Å². The van der Waals surface area contributed by atoms with Gasteiger partial charge in [-0.05, 0) is 30.7 Å². The Balaban J connectivity index is 2.12. The van der Waals surface area contributed by atoms with Gasteiger partial charge in [0, 0.05) is 6.07 Å². The molecule has 1 heterocycles. The molecule has 0 spiro atoms. The van der Waals surface area contributed by atoms with Crippen LogP contribution in [0.3, 0.4) is 0 Å². The zero-order valence-electron chi connectivity index (χ0n) is 16.3. The second-order valence-corrected chi connectivity index (χ2v) is 6.47. The molecule has 1 unspecified atom stereocenters. The summed E-state index contributed by atoms with van der Waals surface area (Å²) in [5, 5.41) is 11.3. The number of primary amides is 1. The minimum absolute atomic E-state index is 0.0952. The highest BCUT2D eigenvalue weighted by molar-refractivity contribution is 6.23. The predicted octanol–water partition coefficient (Wildman–Crippen LogP) is 2.21. The van der Waals surface area contributed by atoms with Crippen molar-refractivity contribution in [2.24, 2.45) is 5.73 Å². The number of nitro groups is 1. The number of benzene rings is 2. The third kappa shape index (κ3) is 3.54. The van der Waals surface area contributed by atoms with E-state index in [4.69, 9.17) is 15.2 Å². The monoisotopic (exact) mass is 413 g/mol. The molecule has 2 aromatic rings. The molecule has 0 saturated carbocycles. The minimum atomic E-state index is -1.07. The van der Waals surface area contributed by atoms with Crippen LogP contribution < -0.4 is 15.2 Å². The number of nitrogens with two attached hydrogens (primary N) is 1. The first-order valence-electron chi connectivity index (χ1n) is 9.04. The molecule has 1 atom stereocenters. The van der Waals surface area contributed by atoms with Crippen molar-refractivity contribution in [3.8, 4) is 11.5 Å². The van der Waals surface area contributed by atoms with Crippen molar-refractivity contribution in [1.29, 1.82) is 0 Å². The molecule has 0 aliphatic carbocycles. The standard InChI is InChI=1S/C20H19N3O7/c1-3-30-16-9-11(7-8-15(16)29-2)14(10-17(21)24)22-19(25)12-5-4-6-13(23(27)28)18(12)20(22)26/h4-9,14H,3,10H2,1-2H3,(H2,21,24). The number of amides is 3. The Bertz CT molecular complexity index is 1050. The van der Waals surface area contributed by atoms with Crippen LogP contribution >= 0.6 is 0 Å². The van der Waals surface area contributed by atoms with Gasteiger partial charge < -0.3 is 15.2 Å². The van der Waals surface area contributed by atoms with Crippen LogP contribution in [-0.2, 0) is 4.79 Å². The summed E-state index contributed by atoms with van der Waals surface area (Å²) in [4.78, 5) is 49.2. The van der Waals surface area contributed by atoms with E-state index in [1.807, 2.05) is 0 Å². The SMILES string of the molecule is CCOc1cc(C(CC(N)=O)N2C(=O)c3cccc([N+](=O)[O-])c3C2=O)ccc1OC. The third-order valence-corrected chi connectivity index (χ3v) is 4.70. The number of methoxy groups -OCH3 is 1. The summed E-state index contributed by atoms with van der Waals surface area (Å²) in [5.41, 5.74) is 4.89. The van der Waals surface area contributed by atoms with E-state index < -0.39 is 34.4 Å². The molecule has 0 radical (unpaired) electrons. The van der Waals surface area contributed by atoms with Gasteiger partial charge in [0.05, 0.1) is 36.7 Å². The molecule has 3 rings (SSSR count). The van der Waals surface area contributed by atoms with Crippen LogP contribution in [0, 0.1) is 10.1 Å². The molecule has 2 N–H and O–H groups in total. The Morgan fingerprint density at radius 1 is 1.20 bits per heavy atom. The highest BCUT2D eigenvalue weighted by Gasteiger charge is 2.45. The average Bonchev–Trinajstić information content (AvgIpc) is 2.96. The summed E-state index contributed by atoms with van der Waals surface area (Å²) in [6.45, 7) is 2.11. The molecule has 10 heteroatoms. The third-order valence-electron chi connectivity index (χ3n) is 4.70. The summed E-state index contributed by atoms with van der Waals surface area (Å²) in [6.07, 6.45) is -0.364. The van der Waals surface area contributed by atoms with E-state index in [-0.39, 0.29) is 17.5 Å². The molecule has 2 aromatic carbocycles. The van der Waals surface area contributed by atoms with Gasteiger partial charge in [0.1, 0.15) is 5.56 Å². The number of nitro benzene ring substituents is 1. The van der Waals surface area contributed by atoms with Gasteiger partial charge in [-0.3, -0.25) is 29.4 Å². The van der Waals surface area contributed by atoms with Crippen molar-refractivity contribution < 1.29 is 28.8 Å². The van der Waals surface area contributed by atoms with Crippen molar-refractivity contribution in [3.05, 3.63) is 63.2 Å². The predicted molar refractivity (Wildman–Crippen MR) is 104 cm³/mol. The van der Waals surface area contributed by atoms with E-state index in [0.29, 0.717) is 23.7 Å². The molecule has 0 aromatic heterocycles. The summed E-state index contributed by atoms with van der Waals surface area (Å²) in [6, 6.07) is 7.45. The topological polar surface area (TPSA) is 142 Å². The normalized spacial score (nSPS) is 13.7. The van der Waals surface area contributed by atoms with Crippen molar-refractivity contribution in [1.82, 2.24) is 4.90 Å². The van der Waals surface area contributed by atoms with E-state index in [9.17, 15) is 24.5 Å². The Morgan fingerprint density at radius 2 is 1.93 bits per heavy atom. The summed E-state index contributed by atoms with van der Waals surface area (Å²) >= 11 is 0.